The number of carbonyl (C=O) groups is 1. The van der Waals surface area contributed by atoms with Crippen LogP contribution in [0.15, 0.2) is 29.2 Å². The van der Waals surface area contributed by atoms with Gasteiger partial charge in [-0.15, -0.1) is 12.4 Å². The molecule has 0 radical (unpaired) electrons. The summed E-state index contributed by atoms with van der Waals surface area (Å²) >= 11 is 5.75. The minimum Gasteiger partial charge on any atom is -0.352 e. The molecule has 2 aliphatic heterocycles. The van der Waals surface area contributed by atoms with Gasteiger partial charge in [0.25, 0.3) is 0 Å². The Morgan fingerprint density at radius 1 is 1.17 bits per heavy atom. The molecular weight excluding hydrogens is 359 g/mol. The molecule has 2 heterocycles. The summed E-state index contributed by atoms with van der Waals surface area (Å²) in [7, 11) is -3.62. The van der Waals surface area contributed by atoms with Gasteiger partial charge in [0, 0.05) is 23.1 Å². The van der Waals surface area contributed by atoms with Crippen LogP contribution in [0.2, 0.25) is 5.02 Å². The van der Waals surface area contributed by atoms with Gasteiger partial charge in [0.2, 0.25) is 5.91 Å². The van der Waals surface area contributed by atoms with E-state index >= 15 is 0 Å². The lowest BCUT2D eigenvalue weighted by Crippen LogP contribution is -2.49. The molecule has 0 spiro atoms. The summed E-state index contributed by atoms with van der Waals surface area (Å²) in [4.78, 5) is 12.2. The highest BCUT2D eigenvalue weighted by Gasteiger charge is 2.34. The minimum absolute atomic E-state index is 0. The SMILES string of the molecule is Cl.O=C(CS(=O)(=O)c1ccc(Cl)cc1)NC1CC2CCC(C1)N2. The molecule has 2 unspecified atom stereocenters. The molecule has 2 saturated heterocycles. The van der Waals surface area contributed by atoms with Gasteiger partial charge in [0.1, 0.15) is 5.75 Å². The molecule has 2 atom stereocenters. The predicted molar refractivity (Wildman–Crippen MR) is 91.9 cm³/mol. The Kier molecular flexibility index (Phi) is 5.94. The second kappa shape index (κ2) is 7.38. The quantitative estimate of drug-likeness (QED) is 0.839. The largest absolute Gasteiger partial charge is 0.352 e. The van der Waals surface area contributed by atoms with E-state index in [0.29, 0.717) is 17.1 Å². The van der Waals surface area contributed by atoms with E-state index in [-0.39, 0.29) is 23.3 Å². The third-order valence-electron chi connectivity index (χ3n) is 4.33. The molecule has 128 valence electrons. The maximum Gasteiger partial charge on any atom is 0.235 e. The van der Waals surface area contributed by atoms with Gasteiger partial charge < -0.3 is 10.6 Å². The van der Waals surface area contributed by atoms with Crippen LogP contribution < -0.4 is 10.6 Å². The van der Waals surface area contributed by atoms with Gasteiger partial charge >= 0.3 is 0 Å². The van der Waals surface area contributed by atoms with Gasteiger partial charge in [-0.2, -0.15) is 0 Å². The molecule has 1 aromatic carbocycles. The van der Waals surface area contributed by atoms with Crippen molar-refractivity contribution in [2.24, 2.45) is 0 Å². The Morgan fingerprint density at radius 2 is 1.74 bits per heavy atom. The van der Waals surface area contributed by atoms with E-state index < -0.39 is 21.5 Å². The second-order valence-corrected chi connectivity index (χ2v) is 8.51. The molecule has 23 heavy (non-hydrogen) atoms. The van der Waals surface area contributed by atoms with Crippen LogP contribution >= 0.6 is 24.0 Å². The van der Waals surface area contributed by atoms with Gasteiger partial charge in [-0.3, -0.25) is 4.79 Å². The van der Waals surface area contributed by atoms with Crippen molar-refractivity contribution in [1.82, 2.24) is 10.6 Å². The van der Waals surface area contributed by atoms with Crippen molar-refractivity contribution in [3.05, 3.63) is 29.3 Å². The lowest BCUT2D eigenvalue weighted by atomic mass is 10.00. The molecule has 2 bridgehead atoms. The Hall–Kier alpha value is -0.820. The number of benzene rings is 1. The topological polar surface area (TPSA) is 75.3 Å². The summed E-state index contributed by atoms with van der Waals surface area (Å²) in [6.45, 7) is 0. The van der Waals surface area contributed by atoms with Crippen LogP contribution in [0.1, 0.15) is 25.7 Å². The second-order valence-electron chi connectivity index (χ2n) is 6.09. The zero-order valence-electron chi connectivity index (χ0n) is 12.5. The van der Waals surface area contributed by atoms with Crippen LogP contribution in [-0.4, -0.2) is 38.2 Å². The van der Waals surface area contributed by atoms with Crippen LogP contribution in [0.3, 0.4) is 0 Å². The molecule has 8 heteroatoms. The molecule has 2 aliphatic rings. The number of rotatable bonds is 4. The Morgan fingerprint density at radius 3 is 2.30 bits per heavy atom. The lowest BCUT2D eigenvalue weighted by molar-refractivity contribution is -0.119. The molecule has 3 rings (SSSR count). The van der Waals surface area contributed by atoms with E-state index in [1.807, 2.05) is 0 Å². The predicted octanol–water partition coefficient (Wildman–Crippen LogP) is 1.93. The van der Waals surface area contributed by atoms with Crippen molar-refractivity contribution in [2.45, 2.75) is 48.7 Å². The van der Waals surface area contributed by atoms with Gasteiger partial charge in [-0.05, 0) is 49.9 Å². The number of carbonyl (C=O) groups excluding carboxylic acids is 1. The van der Waals surface area contributed by atoms with Crippen LogP contribution in [0, 0.1) is 0 Å². The van der Waals surface area contributed by atoms with Crippen molar-refractivity contribution in [3.63, 3.8) is 0 Å². The van der Waals surface area contributed by atoms with Gasteiger partial charge in [-0.25, -0.2) is 8.42 Å². The molecule has 5 nitrogen and oxygen atoms in total. The zero-order chi connectivity index (χ0) is 15.7. The first-order valence-corrected chi connectivity index (χ1v) is 9.49. The fraction of sp³-hybridized carbons (Fsp3) is 0.533. The molecule has 0 aromatic heterocycles. The maximum atomic E-state index is 12.2. The first-order valence-electron chi connectivity index (χ1n) is 7.46. The summed E-state index contributed by atoms with van der Waals surface area (Å²) in [5.41, 5.74) is 0. The third kappa shape index (κ3) is 4.59. The first-order chi connectivity index (χ1) is 10.4. The molecule has 1 amide bonds. The molecule has 1 aromatic rings. The number of nitrogens with one attached hydrogen (secondary N) is 2. The van der Waals surface area contributed by atoms with Crippen molar-refractivity contribution in [1.29, 1.82) is 0 Å². The van der Waals surface area contributed by atoms with E-state index in [1.165, 1.54) is 24.3 Å². The number of piperidine rings is 1. The summed E-state index contributed by atoms with van der Waals surface area (Å²) in [5.74, 6) is -0.949. The highest BCUT2D eigenvalue weighted by atomic mass is 35.5. The summed E-state index contributed by atoms with van der Waals surface area (Å²) in [6, 6.07) is 6.86. The number of sulfone groups is 1. The summed E-state index contributed by atoms with van der Waals surface area (Å²) in [6.07, 6.45) is 4.03. The number of hydrogen-bond donors (Lipinski definition) is 2. The first kappa shape index (κ1) is 18.5. The van der Waals surface area contributed by atoms with Crippen LogP contribution in [0.25, 0.3) is 0 Å². The molecule has 2 N–H and O–H groups in total. The number of halogens is 2. The number of hydrogen-bond acceptors (Lipinski definition) is 4. The van der Waals surface area contributed by atoms with Crippen molar-refractivity contribution in [3.8, 4) is 0 Å². The molecule has 2 fully saturated rings. The lowest BCUT2D eigenvalue weighted by Gasteiger charge is -2.29. The van der Waals surface area contributed by atoms with E-state index in [1.54, 1.807) is 0 Å². The number of amides is 1. The zero-order valence-corrected chi connectivity index (χ0v) is 14.9. The fourth-order valence-corrected chi connectivity index (χ4v) is 4.61. The van der Waals surface area contributed by atoms with Gasteiger partial charge in [0.15, 0.2) is 9.84 Å². The van der Waals surface area contributed by atoms with Crippen LogP contribution in [0.4, 0.5) is 0 Å². The molecule has 0 saturated carbocycles. The minimum atomic E-state index is -3.62. The Labute approximate surface area is 147 Å². The smallest absolute Gasteiger partial charge is 0.235 e. The Balaban J connectivity index is 0.00000192. The van der Waals surface area contributed by atoms with Gasteiger partial charge in [-0.1, -0.05) is 11.6 Å². The van der Waals surface area contributed by atoms with E-state index in [0.717, 1.165) is 25.7 Å². The van der Waals surface area contributed by atoms with Crippen LogP contribution in [-0.2, 0) is 14.6 Å². The monoisotopic (exact) mass is 378 g/mol. The van der Waals surface area contributed by atoms with Crippen LogP contribution in [0.5, 0.6) is 0 Å². The highest BCUT2D eigenvalue weighted by Crippen LogP contribution is 2.26. The van der Waals surface area contributed by atoms with E-state index in [9.17, 15) is 13.2 Å². The van der Waals surface area contributed by atoms with Crippen molar-refractivity contribution < 1.29 is 13.2 Å². The Bertz CT molecular complexity index is 652. The van der Waals surface area contributed by atoms with Gasteiger partial charge in [0.05, 0.1) is 4.90 Å². The van der Waals surface area contributed by atoms with Crippen molar-refractivity contribution >= 4 is 39.8 Å². The average Bonchev–Trinajstić information content (AvgIpc) is 2.77. The van der Waals surface area contributed by atoms with E-state index in [4.69, 9.17) is 11.6 Å². The van der Waals surface area contributed by atoms with E-state index in [2.05, 4.69) is 10.6 Å². The highest BCUT2D eigenvalue weighted by molar-refractivity contribution is 7.92. The summed E-state index contributed by atoms with van der Waals surface area (Å²) < 4.78 is 24.4. The average molecular weight is 379 g/mol. The third-order valence-corrected chi connectivity index (χ3v) is 6.22. The summed E-state index contributed by atoms with van der Waals surface area (Å²) in [5, 5.41) is 6.83. The normalized spacial score (nSPS) is 26.4. The molecular formula is C15H20Cl2N2O3S. The van der Waals surface area contributed by atoms with Crippen molar-refractivity contribution in [2.75, 3.05) is 5.75 Å². The standard InChI is InChI=1S/C15H19ClN2O3S.ClH/c16-10-1-5-14(6-2-10)22(20,21)9-15(19)18-13-7-11-3-4-12(8-13)17-11;/h1-2,5-6,11-13,17H,3-4,7-9H2,(H,18,19);1H. The fourth-order valence-electron chi connectivity index (χ4n) is 3.34. The number of fused-ring (bicyclic) bond motifs is 2. The molecule has 0 aliphatic carbocycles. The maximum absolute atomic E-state index is 12.2.